The van der Waals surface area contributed by atoms with E-state index in [2.05, 4.69) is 216 Å². The van der Waals surface area contributed by atoms with Crippen LogP contribution >= 0.6 is 0 Å². The first kappa shape index (κ1) is 38.2. The first-order valence-corrected chi connectivity index (χ1v) is 20.8. The van der Waals surface area contributed by atoms with Crippen molar-refractivity contribution in [2.75, 3.05) is 16.5 Å². The predicted molar refractivity (Wildman–Crippen MR) is 249 cm³/mol. The van der Waals surface area contributed by atoms with Crippen molar-refractivity contribution in [3.63, 3.8) is 0 Å². The summed E-state index contributed by atoms with van der Waals surface area (Å²) in [5, 5.41) is 2.37. The van der Waals surface area contributed by atoms with Crippen LogP contribution in [-0.4, -0.2) is 16.2 Å². The van der Waals surface area contributed by atoms with Crippen LogP contribution in [0.2, 0.25) is 0 Å². The van der Waals surface area contributed by atoms with E-state index in [1.807, 2.05) is 12.3 Å². The van der Waals surface area contributed by atoms with Crippen molar-refractivity contribution in [3.05, 3.63) is 168 Å². The number of hydrogen-bond acceptors (Lipinski definition) is 4. The number of rotatable bonds is 6. The second-order valence-electron chi connectivity index (χ2n) is 19.1. The van der Waals surface area contributed by atoms with E-state index >= 15 is 0 Å². The Balaban J connectivity index is 1.08. The summed E-state index contributed by atoms with van der Waals surface area (Å²) in [5.74, 6) is 2.47. The lowest BCUT2D eigenvalue weighted by atomic mass is 9.81. The van der Waals surface area contributed by atoms with Crippen molar-refractivity contribution in [3.8, 4) is 28.4 Å². The Bertz CT molecular complexity index is 2850. The van der Waals surface area contributed by atoms with E-state index in [1.165, 1.54) is 55.7 Å². The number of anilines is 4. The molecule has 296 valence electrons. The normalized spacial score (nSPS) is 13.4. The van der Waals surface area contributed by atoms with Crippen LogP contribution in [0.1, 0.15) is 79.0 Å². The maximum atomic E-state index is 6.76. The molecule has 0 amide bonds. The van der Waals surface area contributed by atoms with Crippen LogP contribution in [0.4, 0.5) is 22.7 Å². The third-order valence-corrected chi connectivity index (χ3v) is 11.8. The fourth-order valence-electron chi connectivity index (χ4n) is 8.48. The van der Waals surface area contributed by atoms with Gasteiger partial charge in [0.15, 0.2) is 0 Å². The number of fused-ring (bicyclic) bond motifs is 4. The van der Waals surface area contributed by atoms with Crippen LogP contribution in [0, 0.1) is 0 Å². The number of aromatic nitrogens is 2. The first-order valence-electron chi connectivity index (χ1n) is 20.8. The van der Waals surface area contributed by atoms with E-state index < -0.39 is 0 Å². The minimum Gasteiger partial charge on any atom is -0.457 e. The number of pyridine rings is 1. The molecule has 1 aliphatic heterocycles. The third kappa shape index (κ3) is 7.13. The molecule has 0 bridgehead atoms. The van der Waals surface area contributed by atoms with Crippen LogP contribution in [0.5, 0.6) is 11.5 Å². The summed E-state index contributed by atoms with van der Waals surface area (Å²) in [7, 11) is 0. The highest BCUT2D eigenvalue weighted by molar-refractivity contribution is 6.09. The van der Waals surface area contributed by atoms with Crippen molar-refractivity contribution in [1.29, 1.82) is 0 Å². The van der Waals surface area contributed by atoms with Gasteiger partial charge in [0.1, 0.15) is 24.0 Å². The Morgan fingerprint density at radius 3 is 1.78 bits per heavy atom. The van der Waals surface area contributed by atoms with Crippen molar-refractivity contribution in [1.82, 2.24) is 9.55 Å². The molecule has 5 heteroatoms. The third-order valence-electron chi connectivity index (χ3n) is 11.8. The molecule has 0 unspecified atom stereocenters. The van der Waals surface area contributed by atoms with Crippen LogP contribution in [0.15, 0.2) is 152 Å². The first-order chi connectivity index (χ1) is 28.1. The maximum absolute atomic E-state index is 6.76. The van der Waals surface area contributed by atoms with Gasteiger partial charge in [-0.15, -0.1) is 0 Å². The Morgan fingerprint density at radius 1 is 0.492 bits per heavy atom. The largest absolute Gasteiger partial charge is 0.457 e. The lowest BCUT2D eigenvalue weighted by molar-refractivity contribution is 0.483. The number of ether oxygens (including phenoxy) is 1. The maximum Gasteiger partial charge on any atom is 0.137 e. The van der Waals surface area contributed by atoms with E-state index in [0.29, 0.717) is 6.67 Å². The summed E-state index contributed by atoms with van der Waals surface area (Å²) in [6, 6.07) is 52.5. The van der Waals surface area contributed by atoms with Crippen molar-refractivity contribution >= 4 is 44.6 Å². The van der Waals surface area contributed by atoms with Gasteiger partial charge in [0.05, 0.1) is 22.4 Å². The quantitative estimate of drug-likeness (QED) is 0.168. The molecule has 8 aromatic rings. The Hall–Kier alpha value is -6.33. The summed E-state index contributed by atoms with van der Waals surface area (Å²) in [6.45, 7) is 21.1. The Kier molecular flexibility index (Phi) is 9.19. The average molecular weight is 775 g/mol. The van der Waals surface area contributed by atoms with E-state index in [0.717, 1.165) is 34.0 Å². The number of benzene rings is 6. The van der Waals surface area contributed by atoms with Gasteiger partial charge in [0.2, 0.25) is 0 Å². The molecular weight excluding hydrogens is 721 g/mol. The average Bonchev–Trinajstić information content (AvgIpc) is 3.76. The highest BCUT2D eigenvalue weighted by Gasteiger charge is 2.30. The van der Waals surface area contributed by atoms with E-state index in [1.54, 1.807) is 0 Å². The van der Waals surface area contributed by atoms with Gasteiger partial charge in [0, 0.05) is 40.5 Å². The van der Waals surface area contributed by atoms with Crippen molar-refractivity contribution in [2.24, 2.45) is 0 Å². The van der Waals surface area contributed by atoms with Crippen molar-refractivity contribution < 1.29 is 4.74 Å². The molecule has 0 N–H and O–H groups in total. The smallest absolute Gasteiger partial charge is 0.137 e. The number of nitrogens with zero attached hydrogens (tertiary/aromatic N) is 4. The molecule has 2 aromatic heterocycles. The van der Waals surface area contributed by atoms with Gasteiger partial charge in [-0.1, -0.05) is 129 Å². The zero-order chi connectivity index (χ0) is 41.3. The molecule has 0 spiro atoms. The lowest BCUT2D eigenvalue weighted by Crippen LogP contribution is -2.24. The number of para-hydroxylation sites is 2. The summed E-state index contributed by atoms with van der Waals surface area (Å²) in [6.07, 6.45) is 1.94. The summed E-state index contributed by atoms with van der Waals surface area (Å²) in [4.78, 5) is 9.76. The van der Waals surface area contributed by atoms with Crippen LogP contribution in [0.25, 0.3) is 38.8 Å². The fourth-order valence-corrected chi connectivity index (χ4v) is 8.48. The predicted octanol–water partition coefficient (Wildman–Crippen LogP) is 14.8. The molecule has 0 atom stereocenters. The summed E-state index contributed by atoms with van der Waals surface area (Å²) in [5.41, 5.74) is 13.1. The highest BCUT2D eigenvalue weighted by atomic mass is 16.5. The van der Waals surface area contributed by atoms with Gasteiger partial charge < -0.3 is 14.5 Å². The van der Waals surface area contributed by atoms with Crippen LogP contribution in [-0.2, 0) is 16.2 Å². The summed E-state index contributed by atoms with van der Waals surface area (Å²) >= 11 is 0. The van der Waals surface area contributed by atoms with Gasteiger partial charge in [0.25, 0.3) is 0 Å². The van der Waals surface area contributed by atoms with Gasteiger partial charge >= 0.3 is 0 Å². The SMILES string of the molecule is CC(C)(C)c1ccnc(-n2c3cc(Oc4cccc(N5CN(c6ccc(-c7ccccc7)c(C(C)(C)C)c6)c6ccccc65)c4)ccc3c3ccc(C(C)(C)C)cc32)c1. The van der Waals surface area contributed by atoms with Gasteiger partial charge in [-0.05, 0) is 111 Å². The minimum absolute atomic E-state index is 0.00466. The number of hydrogen-bond donors (Lipinski definition) is 0. The van der Waals surface area contributed by atoms with Crippen molar-refractivity contribution in [2.45, 2.75) is 78.6 Å². The monoisotopic (exact) mass is 774 g/mol. The Labute approximate surface area is 349 Å². The van der Waals surface area contributed by atoms with E-state index in [9.17, 15) is 0 Å². The molecule has 0 saturated heterocycles. The van der Waals surface area contributed by atoms with Gasteiger partial charge in [-0.3, -0.25) is 4.57 Å². The van der Waals surface area contributed by atoms with Gasteiger partial charge in [-0.25, -0.2) is 4.98 Å². The molecular formula is C54H54N4O. The Morgan fingerprint density at radius 2 is 1.10 bits per heavy atom. The lowest BCUT2D eigenvalue weighted by Gasteiger charge is -2.27. The molecule has 5 nitrogen and oxygen atoms in total. The molecule has 0 saturated carbocycles. The molecule has 59 heavy (non-hydrogen) atoms. The standard InChI is InChI=1S/C54H54N4O/c1-52(2,3)37-22-25-44-45-27-24-42(34-50(45)58(49(44)30-37)51-31-38(28-29-55-51)53(4,5)6)59-41-19-15-18-39(32-41)56-35-57(48-21-14-13-20-47(48)56)40-23-26-43(36-16-11-10-12-17-36)46(33-40)54(7,8)9/h10-34H,35H2,1-9H3. The zero-order valence-corrected chi connectivity index (χ0v) is 35.8. The molecule has 6 aromatic carbocycles. The molecule has 9 rings (SSSR count). The van der Waals surface area contributed by atoms with Gasteiger partial charge in [-0.2, -0.15) is 0 Å². The summed E-state index contributed by atoms with van der Waals surface area (Å²) < 4.78 is 9.07. The molecule has 0 radical (unpaired) electrons. The molecule has 0 aliphatic carbocycles. The highest BCUT2D eigenvalue weighted by Crippen LogP contribution is 2.47. The topological polar surface area (TPSA) is 33.5 Å². The zero-order valence-electron chi connectivity index (χ0n) is 35.8. The second kappa shape index (κ2) is 14.2. The van der Waals surface area contributed by atoms with Crippen LogP contribution < -0.4 is 14.5 Å². The van der Waals surface area contributed by atoms with Crippen LogP contribution in [0.3, 0.4) is 0 Å². The molecule has 1 aliphatic rings. The molecule has 3 heterocycles. The molecule has 0 fully saturated rings. The minimum atomic E-state index is -0.0362. The van der Waals surface area contributed by atoms with E-state index in [4.69, 9.17) is 9.72 Å². The van der Waals surface area contributed by atoms with E-state index in [-0.39, 0.29) is 16.2 Å². The second-order valence-corrected chi connectivity index (χ2v) is 19.1. The fraction of sp³-hybridized carbons (Fsp3) is 0.241.